The van der Waals surface area contributed by atoms with Crippen LogP contribution in [0.15, 0.2) is 0 Å². The molecule has 1 heterocycles. The van der Waals surface area contributed by atoms with Crippen molar-refractivity contribution >= 4 is 11.8 Å². The number of hydrogen-bond donors (Lipinski definition) is 0. The van der Waals surface area contributed by atoms with Gasteiger partial charge in [-0.3, -0.25) is 9.59 Å². The summed E-state index contributed by atoms with van der Waals surface area (Å²) < 4.78 is 0. The average molecular weight is 262 g/mol. The second-order valence-corrected chi connectivity index (χ2v) is 4.60. The topological polar surface area (TPSA) is 88.2 Å². The zero-order valence-electron chi connectivity index (χ0n) is 11.1. The normalized spacial score (nSPS) is 17.9. The van der Waals surface area contributed by atoms with Crippen molar-refractivity contribution in [3.8, 4) is 12.1 Å². The first-order valence-corrected chi connectivity index (χ1v) is 6.44. The molecule has 0 bridgehead atoms. The van der Waals surface area contributed by atoms with Crippen LogP contribution in [0.25, 0.3) is 0 Å². The van der Waals surface area contributed by atoms with Gasteiger partial charge in [-0.1, -0.05) is 13.3 Å². The maximum atomic E-state index is 12.1. The van der Waals surface area contributed by atoms with E-state index in [1.807, 2.05) is 19.1 Å². The van der Waals surface area contributed by atoms with Gasteiger partial charge in [-0.25, -0.2) is 0 Å². The summed E-state index contributed by atoms with van der Waals surface area (Å²) in [6, 6.07) is 3.74. The van der Waals surface area contributed by atoms with E-state index in [2.05, 4.69) is 0 Å². The molecular formula is C13H18N4O2. The van der Waals surface area contributed by atoms with Crippen LogP contribution in [0.5, 0.6) is 0 Å². The molecule has 1 unspecified atom stereocenters. The third-order valence-electron chi connectivity index (χ3n) is 3.18. The minimum atomic E-state index is -0.411. The van der Waals surface area contributed by atoms with Crippen molar-refractivity contribution < 1.29 is 9.59 Å². The van der Waals surface area contributed by atoms with Gasteiger partial charge in [0.25, 0.3) is 0 Å². The summed E-state index contributed by atoms with van der Waals surface area (Å²) in [5, 5.41) is 17.3. The Labute approximate surface area is 113 Å². The molecule has 0 aromatic heterocycles. The van der Waals surface area contributed by atoms with Crippen LogP contribution in [0.2, 0.25) is 0 Å². The third kappa shape index (κ3) is 3.96. The minimum Gasteiger partial charge on any atom is -0.342 e. The molecule has 6 heteroatoms. The first-order valence-electron chi connectivity index (χ1n) is 6.44. The van der Waals surface area contributed by atoms with Crippen LogP contribution >= 0.6 is 0 Å². The van der Waals surface area contributed by atoms with Crippen molar-refractivity contribution in [3.05, 3.63) is 0 Å². The monoisotopic (exact) mass is 262 g/mol. The van der Waals surface area contributed by atoms with Gasteiger partial charge in [0.2, 0.25) is 11.8 Å². The van der Waals surface area contributed by atoms with Crippen molar-refractivity contribution in [2.24, 2.45) is 5.92 Å². The molecule has 0 aliphatic carbocycles. The maximum absolute atomic E-state index is 12.1. The van der Waals surface area contributed by atoms with Crippen LogP contribution in [0.3, 0.4) is 0 Å². The summed E-state index contributed by atoms with van der Waals surface area (Å²) in [4.78, 5) is 26.8. The number of likely N-dealkylation sites (tertiary alicyclic amines) is 1. The van der Waals surface area contributed by atoms with E-state index >= 15 is 0 Å². The molecule has 2 amide bonds. The molecule has 102 valence electrons. The number of amides is 2. The van der Waals surface area contributed by atoms with E-state index < -0.39 is 5.92 Å². The average Bonchev–Trinajstić information content (AvgIpc) is 2.76. The molecule has 0 N–H and O–H groups in total. The fourth-order valence-electron chi connectivity index (χ4n) is 2.14. The van der Waals surface area contributed by atoms with Crippen LogP contribution in [0, 0.1) is 28.6 Å². The smallest absolute Gasteiger partial charge is 0.229 e. The van der Waals surface area contributed by atoms with E-state index in [9.17, 15) is 9.59 Å². The van der Waals surface area contributed by atoms with Crippen LogP contribution < -0.4 is 0 Å². The molecule has 0 aromatic rings. The molecule has 19 heavy (non-hydrogen) atoms. The molecule has 0 aromatic carbocycles. The Morgan fingerprint density at radius 1 is 1.42 bits per heavy atom. The van der Waals surface area contributed by atoms with Gasteiger partial charge in [-0.15, -0.1) is 0 Å². The highest BCUT2D eigenvalue weighted by Gasteiger charge is 2.35. The lowest BCUT2D eigenvalue weighted by molar-refractivity contribution is -0.134. The maximum Gasteiger partial charge on any atom is 0.229 e. The van der Waals surface area contributed by atoms with E-state index in [0.29, 0.717) is 13.1 Å². The van der Waals surface area contributed by atoms with Gasteiger partial charge < -0.3 is 9.80 Å². The Kier molecular flexibility index (Phi) is 5.81. The predicted molar refractivity (Wildman–Crippen MR) is 67.4 cm³/mol. The van der Waals surface area contributed by atoms with Gasteiger partial charge in [0.15, 0.2) is 0 Å². The molecular weight excluding hydrogens is 244 g/mol. The highest BCUT2D eigenvalue weighted by molar-refractivity contribution is 5.89. The van der Waals surface area contributed by atoms with Crippen molar-refractivity contribution in [2.75, 3.05) is 26.2 Å². The zero-order chi connectivity index (χ0) is 14.3. The number of carbonyl (C=O) groups excluding carboxylic acids is 2. The summed E-state index contributed by atoms with van der Waals surface area (Å²) in [5.74, 6) is -0.692. The van der Waals surface area contributed by atoms with Crippen molar-refractivity contribution in [3.63, 3.8) is 0 Å². The molecule has 0 spiro atoms. The molecule has 1 atom stereocenters. The van der Waals surface area contributed by atoms with Gasteiger partial charge in [-0.2, -0.15) is 10.5 Å². The van der Waals surface area contributed by atoms with Gasteiger partial charge >= 0.3 is 0 Å². The predicted octanol–water partition coefficient (Wildman–Crippen LogP) is 0.511. The third-order valence-corrected chi connectivity index (χ3v) is 3.18. The van der Waals surface area contributed by atoms with Crippen LogP contribution in [-0.4, -0.2) is 47.8 Å². The first kappa shape index (κ1) is 15.0. The Balaban J connectivity index is 2.61. The molecule has 1 aliphatic heterocycles. The second kappa shape index (κ2) is 7.38. The fraction of sp³-hybridized carbons (Fsp3) is 0.692. The lowest BCUT2D eigenvalue weighted by Gasteiger charge is -2.20. The van der Waals surface area contributed by atoms with Gasteiger partial charge in [0.05, 0.1) is 18.1 Å². The SMILES string of the molecule is CCCCN1CC(C(=O)N(CC#N)CC#N)CC1=O. The Hall–Kier alpha value is -2.08. The van der Waals surface area contributed by atoms with E-state index in [-0.39, 0.29) is 31.3 Å². The summed E-state index contributed by atoms with van der Waals surface area (Å²) in [5.41, 5.74) is 0. The summed E-state index contributed by atoms with van der Waals surface area (Å²) >= 11 is 0. The highest BCUT2D eigenvalue weighted by atomic mass is 16.2. The highest BCUT2D eigenvalue weighted by Crippen LogP contribution is 2.20. The van der Waals surface area contributed by atoms with Crippen LogP contribution in [0.1, 0.15) is 26.2 Å². The van der Waals surface area contributed by atoms with Crippen LogP contribution in [0.4, 0.5) is 0 Å². The number of carbonyl (C=O) groups is 2. The Morgan fingerprint density at radius 2 is 2.05 bits per heavy atom. The number of hydrogen-bond acceptors (Lipinski definition) is 4. The molecule has 1 rings (SSSR count). The number of nitrogens with zero attached hydrogens (tertiary/aromatic N) is 4. The summed E-state index contributed by atoms with van der Waals surface area (Å²) in [7, 11) is 0. The van der Waals surface area contributed by atoms with Crippen molar-refractivity contribution in [1.82, 2.24) is 9.80 Å². The minimum absolute atomic E-state index is 0.0133. The van der Waals surface area contributed by atoms with E-state index in [4.69, 9.17) is 10.5 Å². The number of nitriles is 2. The van der Waals surface area contributed by atoms with Gasteiger partial charge in [0.1, 0.15) is 13.1 Å². The molecule has 0 radical (unpaired) electrons. The fourth-order valence-corrected chi connectivity index (χ4v) is 2.14. The quantitative estimate of drug-likeness (QED) is 0.652. The first-order chi connectivity index (χ1) is 9.13. The Bertz CT molecular complexity index is 405. The number of rotatable bonds is 6. The largest absolute Gasteiger partial charge is 0.342 e. The Morgan fingerprint density at radius 3 is 2.58 bits per heavy atom. The molecule has 6 nitrogen and oxygen atoms in total. The summed E-state index contributed by atoms with van der Waals surface area (Å²) in [6.07, 6.45) is 2.11. The lowest BCUT2D eigenvalue weighted by atomic mass is 10.1. The summed E-state index contributed by atoms with van der Waals surface area (Å²) in [6.45, 7) is 2.92. The zero-order valence-corrected chi connectivity index (χ0v) is 11.1. The molecule has 1 aliphatic rings. The van der Waals surface area contributed by atoms with E-state index in [1.54, 1.807) is 4.90 Å². The molecule has 1 fully saturated rings. The van der Waals surface area contributed by atoms with E-state index in [0.717, 1.165) is 12.8 Å². The van der Waals surface area contributed by atoms with Gasteiger partial charge in [-0.05, 0) is 6.42 Å². The van der Waals surface area contributed by atoms with E-state index in [1.165, 1.54) is 4.90 Å². The van der Waals surface area contributed by atoms with Gasteiger partial charge in [0, 0.05) is 19.5 Å². The standard InChI is InChI=1S/C13H18N4O2/c1-2-3-6-17-10-11(9-12(17)18)13(19)16(7-4-14)8-5-15/h11H,2-3,6-10H2,1H3. The molecule has 1 saturated heterocycles. The van der Waals surface area contributed by atoms with Crippen molar-refractivity contribution in [1.29, 1.82) is 10.5 Å². The molecule has 0 saturated carbocycles. The number of unbranched alkanes of at least 4 members (excludes halogenated alkanes) is 1. The second-order valence-electron chi connectivity index (χ2n) is 4.60. The van der Waals surface area contributed by atoms with Crippen LogP contribution in [-0.2, 0) is 9.59 Å². The van der Waals surface area contributed by atoms with Crippen molar-refractivity contribution in [2.45, 2.75) is 26.2 Å². The lowest BCUT2D eigenvalue weighted by Crippen LogP contribution is -2.38.